The molecule has 2 N–H and O–H groups in total. The smallest absolute Gasteiger partial charge is 0.0733 e. The fourth-order valence-corrected chi connectivity index (χ4v) is 4.55. The molecule has 1 aromatic rings. The summed E-state index contributed by atoms with van der Waals surface area (Å²) >= 11 is 0. The highest BCUT2D eigenvalue weighted by Gasteiger charge is 2.42. The van der Waals surface area contributed by atoms with Crippen molar-refractivity contribution in [1.82, 2.24) is 15.1 Å². The topological polar surface area (TPSA) is 50.1 Å². The van der Waals surface area contributed by atoms with Gasteiger partial charge in [0.05, 0.1) is 17.3 Å². The third kappa shape index (κ3) is 2.40. The van der Waals surface area contributed by atoms with Crippen LogP contribution >= 0.6 is 0 Å². The lowest BCUT2D eigenvalue weighted by Crippen LogP contribution is -2.49. The molecule has 4 rings (SSSR count). The Bertz CT molecular complexity index is 466. The molecule has 3 aliphatic rings. The SMILES string of the molecule is OC1(Cc2ccn(C3CCCC3)n2)CC2CCC(C1)N2. The molecule has 2 bridgehead atoms. The molecule has 2 saturated heterocycles. The average Bonchev–Trinajstić information content (AvgIpc) is 3.09. The maximum atomic E-state index is 10.9. The van der Waals surface area contributed by atoms with E-state index in [0.29, 0.717) is 18.1 Å². The third-order valence-corrected chi connectivity index (χ3v) is 5.46. The van der Waals surface area contributed by atoms with E-state index in [0.717, 1.165) is 25.0 Å². The molecule has 0 aromatic carbocycles. The molecule has 0 radical (unpaired) electrons. The minimum Gasteiger partial charge on any atom is -0.389 e. The van der Waals surface area contributed by atoms with Crippen LogP contribution in [0.2, 0.25) is 0 Å². The van der Waals surface area contributed by atoms with E-state index < -0.39 is 5.60 Å². The van der Waals surface area contributed by atoms with Crippen LogP contribution in [0, 0.1) is 0 Å². The summed E-state index contributed by atoms with van der Waals surface area (Å²) in [6.45, 7) is 0. The van der Waals surface area contributed by atoms with Crippen molar-refractivity contribution in [2.24, 2.45) is 0 Å². The molecule has 3 fully saturated rings. The van der Waals surface area contributed by atoms with Gasteiger partial charge in [-0.25, -0.2) is 0 Å². The summed E-state index contributed by atoms with van der Waals surface area (Å²) in [6, 6.07) is 3.76. The van der Waals surface area contributed by atoms with E-state index in [1.165, 1.54) is 38.5 Å². The van der Waals surface area contributed by atoms with Crippen LogP contribution in [-0.2, 0) is 6.42 Å². The Balaban J connectivity index is 1.45. The van der Waals surface area contributed by atoms with Gasteiger partial charge in [0.2, 0.25) is 0 Å². The first kappa shape index (κ1) is 12.8. The highest BCUT2D eigenvalue weighted by molar-refractivity contribution is 5.09. The summed E-state index contributed by atoms with van der Waals surface area (Å²) in [5.74, 6) is 0. The predicted molar refractivity (Wildman–Crippen MR) is 77.6 cm³/mol. The van der Waals surface area contributed by atoms with Gasteiger partial charge in [0.1, 0.15) is 0 Å². The van der Waals surface area contributed by atoms with Crippen LogP contribution in [0.25, 0.3) is 0 Å². The Hall–Kier alpha value is -0.870. The standard InChI is InChI=1S/C16H25N3O/c20-16(9-12-5-6-13(10-16)17-12)11-14-7-8-19(18-14)15-3-1-2-4-15/h7-8,12-13,15,17,20H,1-6,9-11H2. The Labute approximate surface area is 120 Å². The number of nitrogens with zero attached hydrogens (tertiary/aromatic N) is 2. The molecule has 2 atom stereocenters. The monoisotopic (exact) mass is 275 g/mol. The lowest BCUT2D eigenvalue weighted by atomic mass is 9.84. The van der Waals surface area contributed by atoms with Crippen molar-refractivity contribution in [3.63, 3.8) is 0 Å². The van der Waals surface area contributed by atoms with Crippen molar-refractivity contribution in [3.05, 3.63) is 18.0 Å². The Morgan fingerprint density at radius 1 is 1.20 bits per heavy atom. The number of piperidine rings is 1. The van der Waals surface area contributed by atoms with Crippen molar-refractivity contribution >= 4 is 0 Å². The van der Waals surface area contributed by atoms with Gasteiger partial charge in [0, 0.05) is 24.7 Å². The second-order valence-electron chi connectivity index (χ2n) is 7.17. The van der Waals surface area contributed by atoms with Crippen LogP contribution in [0.15, 0.2) is 12.3 Å². The minimum atomic E-state index is -0.536. The van der Waals surface area contributed by atoms with Gasteiger partial charge in [-0.15, -0.1) is 0 Å². The predicted octanol–water partition coefficient (Wildman–Crippen LogP) is 2.19. The lowest BCUT2D eigenvalue weighted by Gasteiger charge is -2.36. The van der Waals surface area contributed by atoms with Crippen molar-refractivity contribution in [1.29, 1.82) is 0 Å². The van der Waals surface area contributed by atoms with Crippen molar-refractivity contribution in [3.8, 4) is 0 Å². The molecule has 110 valence electrons. The highest BCUT2D eigenvalue weighted by atomic mass is 16.3. The summed E-state index contributed by atoms with van der Waals surface area (Å²) in [6.07, 6.45) is 12.3. The quantitative estimate of drug-likeness (QED) is 0.889. The Morgan fingerprint density at radius 3 is 2.60 bits per heavy atom. The lowest BCUT2D eigenvalue weighted by molar-refractivity contribution is -0.00699. The minimum absolute atomic E-state index is 0.524. The average molecular weight is 275 g/mol. The van der Waals surface area contributed by atoms with Gasteiger partial charge in [-0.3, -0.25) is 4.68 Å². The Kier molecular flexibility index (Phi) is 3.11. The van der Waals surface area contributed by atoms with Crippen molar-refractivity contribution in [2.45, 2.75) is 81.5 Å². The molecule has 0 amide bonds. The summed E-state index contributed by atoms with van der Waals surface area (Å²) in [5, 5.41) is 19.2. The molecule has 0 spiro atoms. The number of rotatable bonds is 3. The second kappa shape index (κ2) is 4.85. The molecule has 1 saturated carbocycles. The summed E-state index contributed by atoms with van der Waals surface area (Å²) < 4.78 is 2.14. The molecule has 1 aliphatic carbocycles. The molecule has 2 aliphatic heterocycles. The van der Waals surface area contributed by atoms with Gasteiger partial charge >= 0.3 is 0 Å². The van der Waals surface area contributed by atoms with E-state index in [1.54, 1.807) is 0 Å². The zero-order valence-corrected chi connectivity index (χ0v) is 12.1. The second-order valence-corrected chi connectivity index (χ2v) is 7.17. The van der Waals surface area contributed by atoms with Gasteiger partial charge in [-0.2, -0.15) is 5.10 Å². The van der Waals surface area contributed by atoms with Crippen LogP contribution in [0.5, 0.6) is 0 Å². The molecule has 1 aromatic heterocycles. The fraction of sp³-hybridized carbons (Fsp3) is 0.812. The first-order chi connectivity index (χ1) is 9.70. The van der Waals surface area contributed by atoms with E-state index in [2.05, 4.69) is 22.3 Å². The number of hydrogen-bond donors (Lipinski definition) is 2. The van der Waals surface area contributed by atoms with Crippen LogP contribution in [0.3, 0.4) is 0 Å². The van der Waals surface area contributed by atoms with E-state index in [1.807, 2.05) is 0 Å². The molecular formula is C16H25N3O. The van der Waals surface area contributed by atoms with E-state index in [9.17, 15) is 5.11 Å². The molecule has 4 heteroatoms. The maximum absolute atomic E-state index is 10.9. The van der Waals surface area contributed by atoms with E-state index in [-0.39, 0.29) is 0 Å². The molecule has 2 unspecified atom stereocenters. The van der Waals surface area contributed by atoms with Gasteiger partial charge < -0.3 is 10.4 Å². The van der Waals surface area contributed by atoms with Gasteiger partial charge in [-0.05, 0) is 44.6 Å². The maximum Gasteiger partial charge on any atom is 0.0733 e. The zero-order chi connectivity index (χ0) is 13.6. The van der Waals surface area contributed by atoms with Crippen LogP contribution in [0.4, 0.5) is 0 Å². The first-order valence-corrected chi connectivity index (χ1v) is 8.23. The van der Waals surface area contributed by atoms with Crippen molar-refractivity contribution < 1.29 is 5.11 Å². The molecule has 4 nitrogen and oxygen atoms in total. The molecule has 3 heterocycles. The normalized spacial score (nSPS) is 37.6. The molecular weight excluding hydrogens is 250 g/mol. The number of hydrogen-bond acceptors (Lipinski definition) is 3. The van der Waals surface area contributed by atoms with Crippen LogP contribution < -0.4 is 5.32 Å². The summed E-state index contributed by atoms with van der Waals surface area (Å²) in [7, 11) is 0. The first-order valence-electron chi connectivity index (χ1n) is 8.23. The summed E-state index contributed by atoms with van der Waals surface area (Å²) in [4.78, 5) is 0. The number of aliphatic hydroxyl groups is 1. The van der Waals surface area contributed by atoms with Gasteiger partial charge in [0.25, 0.3) is 0 Å². The van der Waals surface area contributed by atoms with Crippen molar-refractivity contribution in [2.75, 3.05) is 0 Å². The number of aromatic nitrogens is 2. The van der Waals surface area contributed by atoms with Gasteiger partial charge in [0.15, 0.2) is 0 Å². The van der Waals surface area contributed by atoms with Crippen LogP contribution in [0.1, 0.15) is 63.1 Å². The Morgan fingerprint density at radius 2 is 1.90 bits per heavy atom. The summed E-state index contributed by atoms with van der Waals surface area (Å²) in [5.41, 5.74) is 0.534. The number of fused-ring (bicyclic) bond motifs is 2. The molecule has 20 heavy (non-hydrogen) atoms. The largest absolute Gasteiger partial charge is 0.389 e. The van der Waals surface area contributed by atoms with Gasteiger partial charge in [-0.1, -0.05) is 12.8 Å². The van der Waals surface area contributed by atoms with E-state index >= 15 is 0 Å². The fourth-order valence-electron chi connectivity index (χ4n) is 4.55. The van der Waals surface area contributed by atoms with Crippen LogP contribution in [-0.4, -0.2) is 32.6 Å². The highest BCUT2D eigenvalue weighted by Crippen LogP contribution is 2.36. The third-order valence-electron chi connectivity index (χ3n) is 5.46. The van der Waals surface area contributed by atoms with E-state index in [4.69, 9.17) is 5.10 Å². The zero-order valence-electron chi connectivity index (χ0n) is 12.1. The number of nitrogens with one attached hydrogen (secondary N) is 1.